The second-order valence-corrected chi connectivity index (χ2v) is 6.52. The van der Waals surface area contributed by atoms with Crippen molar-refractivity contribution in [2.45, 2.75) is 6.42 Å². The van der Waals surface area contributed by atoms with E-state index in [4.69, 9.17) is 4.74 Å². The van der Waals surface area contributed by atoms with Crippen molar-refractivity contribution >= 4 is 22.4 Å². The predicted molar refractivity (Wildman–Crippen MR) is 113 cm³/mol. The van der Waals surface area contributed by atoms with Crippen LogP contribution < -0.4 is 10.1 Å². The van der Waals surface area contributed by atoms with E-state index in [-0.39, 0.29) is 5.91 Å². The number of aromatic nitrogens is 1. The molecule has 0 aliphatic carbocycles. The average molecular weight is 368 g/mol. The third kappa shape index (κ3) is 3.71. The molecule has 0 saturated carbocycles. The molecule has 28 heavy (non-hydrogen) atoms. The Morgan fingerprint density at radius 1 is 0.929 bits per heavy atom. The van der Waals surface area contributed by atoms with E-state index in [1.807, 2.05) is 79.0 Å². The molecule has 1 heterocycles. The number of nitrogens with one attached hydrogen (secondary N) is 1. The smallest absolute Gasteiger partial charge is 0.228 e. The minimum atomic E-state index is -0.0279. The molecule has 3 aromatic carbocycles. The Morgan fingerprint density at radius 3 is 2.46 bits per heavy atom. The maximum atomic E-state index is 12.3. The molecule has 0 radical (unpaired) electrons. The Balaban J connectivity index is 1.55. The molecule has 0 saturated heterocycles. The van der Waals surface area contributed by atoms with Crippen LogP contribution in [0.15, 0.2) is 85.2 Å². The molecular weight excluding hydrogens is 348 g/mol. The number of carbonyl (C=O) groups is 1. The summed E-state index contributed by atoms with van der Waals surface area (Å²) in [4.78, 5) is 16.5. The van der Waals surface area contributed by atoms with Crippen LogP contribution in [0.5, 0.6) is 5.75 Å². The molecule has 0 fully saturated rings. The first-order valence-electron chi connectivity index (χ1n) is 9.09. The van der Waals surface area contributed by atoms with Crippen LogP contribution >= 0.6 is 0 Å². The van der Waals surface area contributed by atoms with Gasteiger partial charge in [-0.3, -0.25) is 9.78 Å². The number of fused-ring (bicyclic) bond motifs is 1. The van der Waals surface area contributed by atoms with Crippen molar-refractivity contribution < 1.29 is 9.53 Å². The normalized spacial score (nSPS) is 10.6. The van der Waals surface area contributed by atoms with E-state index in [0.717, 1.165) is 38.9 Å². The van der Waals surface area contributed by atoms with Crippen molar-refractivity contribution in [1.29, 1.82) is 0 Å². The highest BCUT2D eigenvalue weighted by atomic mass is 16.5. The fourth-order valence-corrected chi connectivity index (χ4v) is 3.31. The zero-order chi connectivity index (χ0) is 19.3. The monoisotopic (exact) mass is 368 g/mol. The molecule has 0 spiro atoms. The maximum absolute atomic E-state index is 12.3. The zero-order valence-electron chi connectivity index (χ0n) is 15.6. The number of ether oxygens (including phenoxy) is 1. The molecule has 4 nitrogen and oxygen atoms in total. The lowest BCUT2D eigenvalue weighted by molar-refractivity contribution is -0.115. The van der Waals surface area contributed by atoms with Gasteiger partial charge in [-0.05, 0) is 46.3 Å². The third-order valence-corrected chi connectivity index (χ3v) is 4.69. The number of anilines is 1. The van der Waals surface area contributed by atoms with Gasteiger partial charge >= 0.3 is 0 Å². The standard InChI is InChI=1S/C24H20N2O2/c1-28-23-12-11-20(21-13-14-25-16-22(21)23)18-7-9-19(10-8-18)26-24(27)15-17-5-3-2-4-6-17/h2-14,16H,15H2,1H3,(H,26,27). The van der Waals surface area contributed by atoms with Crippen molar-refractivity contribution in [3.63, 3.8) is 0 Å². The molecule has 1 N–H and O–H groups in total. The van der Waals surface area contributed by atoms with Gasteiger partial charge in [0.25, 0.3) is 0 Å². The Hall–Kier alpha value is -3.66. The van der Waals surface area contributed by atoms with E-state index >= 15 is 0 Å². The summed E-state index contributed by atoms with van der Waals surface area (Å²) < 4.78 is 5.44. The van der Waals surface area contributed by atoms with Gasteiger partial charge in [0.15, 0.2) is 0 Å². The van der Waals surface area contributed by atoms with E-state index in [9.17, 15) is 4.79 Å². The lowest BCUT2D eigenvalue weighted by Crippen LogP contribution is -2.14. The second-order valence-electron chi connectivity index (χ2n) is 6.52. The summed E-state index contributed by atoms with van der Waals surface area (Å²) in [5, 5.41) is 5.01. The van der Waals surface area contributed by atoms with Crippen molar-refractivity contribution in [1.82, 2.24) is 4.98 Å². The van der Waals surface area contributed by atoms with Crippen LogP contribution in [0.3, 0.4) is 0 Å². The first-order valence-corrected chi connectivity index (χ1v) is 9.09. The van der Waals surface area contributed by atoms with Gasteiger partial charge < -0.3 is 10.1 Å². The first-order chi connectivity index (χ1) is 13.7. The zero-order valence-corrected chi connectivity index (χ0v) is 15.6. The van der Waals surface area contributed by atoms with Gasteiger partial charge in [-0.2, -0.15) is 0 Å². The number of benzene rings is 3. The van der Waals surface area contributed by atoms with Gasteiger partial charge in [-0.15, -0.1) is 0 Å². The van der Waals surface area contributed by atoms with Crippen LogP contribution in [0.25, 0.3) is 21.9 Å². The highest BCUT2D eigenvalue weighted by Crippen LogP contribution is 2.34. The van der Waals surface area contributed by atoms with Gasteiger partial charge in [-0.25, -0.2) is 0 Å². The number of carbonyl (C=O) groups excluding carboxylic acids is 1. The number of hydrogen-bond donors (Lipinski definition) is 1. The van der Waals surface area contributed by atoms with E-state index in [1.165, 1.54) is 0 Å². The SMILES string of the molecule is COc1ccc(-c2ccc(NC(=O)Cc3ccccc3)cc2)c2ccncc12. The van der Waals surface area contributed by atoms with Crippen LogP contribution in [0, 0.1) is 0 Å². The summed E-state index contributed by atoms with van der Waals surface area (Å²) in [6, 6.07) is 23.6. The van der Waals surface area contributed by atoms with Crippen LogP contribution in [-0.4, -0.2) is 18.0 Å². The van der Waals surface area contributed by atoms with E-state index in [1.54, 1.807) is 13.3 Å². The molecule has 4 heteroatoms. The second kappa shape index (κ2) is 7.92. The summed E-state index contributed by atoms with van der Waals surface area (Å²) in [7, 11) is 1.66. The number of methoxy groups -OCH3 is 1. The molecular formula is C24H20N2O2. The topological polar surface area (TPSA) is 51.2 Å². The Bertz CT molecular complexity index is 1110. The van der Waals surface area contributed by atoms with Crippen LogP contribution in [0.4, 0.5) is 5.69 Å². The van der Waals surface area contributed by atoms with E-state index in [2.05, 4.69) is 10.3 Å². The van der Waals surface area contributed by atoms with Gasteiger partial charge in [0.05, 0.1) is 13.5 Å². The number of rotatable bonds is 5. The van der Waals surface area contributed by atoms with Crippen LogP contribution in [-0.2, 0) is 11.2 Å². The van der Waals surface area contributed by atoms with Crippen molar-refractivity contribution in [2.24, 2.45) is 0 Å². The minimum absolute atomic E-state index is 0.0279. The highest BCUT2D eigenvalue weighted by molar-refractivity contribution is 6.00. The first kappa shape index (κ1) is 17.7. The average Bonchev–Trinajstić information content (AvgIpc) is 2.74. The number of amides is 1. The van der Waals surface area contributed by atoms with Crippen molar-refractivity contribution in [2.75, 3.05) is 12.4 Å². The quantitative estimate of drug-likeness (QED) is 0.534. The highest BCUT2D eigenvalue weighted by Gasteiger charge is 2.09. The molecule has 4 rings (SSSR count). The Labute approximate surface area is 163 Å². The summed E-state index contributed by atoms with van der Waals surface area (Å²) in [6.45, 7) is 0. The van der Waals surface area contributed by atoms with E-state index < -0.39 is 0 Å². The largest absolute Gasteiger partial charge is 0.496 e. The molecule has 138 valence electrons. The number of pyridine rings is 1. The molecule has 0 atom stereocenters. The minimum Gasteiger partial charge on any atom is -0.496 e. The lowest BCUT2D eigenvalue weighted by atomic mass is 9.98. The Kier molecular flexibility index (Phi) is 5.02. The molecule has 0 bridgehead atoms. The molecule has 4 aromatic rings. The van der Waals surface area contributed by atoms with Gasteiger partial charge in [0, 0.05) is 23.5 Å². The molecule has 0 aliphatic heterocycles. The van der Waals surface area contributed by atoms with Crippen molar-refractivity contribution in [3.8, 4) is 16.9 Å². The molecule has 1 amide bonds. The summed E-state index contributed by atoms with van der Waals surface area (Å²) in [6.07, 6.45) is 3.96. The molecule has 0 aliphatic rings. The van der Waals surface area contributed by atoms with Gasteiger partial charge in [0.2, 0.25) is 5.91 Å². The summed E-state index contributed by atoms with van der Waals surface area (Å²) in [5.74, 6) is 0.775. The van der Waals surface area contributed by atoms with Crippen LogP contribution in [0.1, 0.15) is 5.56 Å². The van der Waals surface area contributed by atoms with Gasteiger partial charge in [-0.1, -0.05) is 48.5 Å². The summed E-state index contributed by atoms with van der Waals surface area (Å²) in [5.41, 5.74) is 3.94. The Morgan fingerprint density at radius 2 is 1.71 bits per heavy atom. The molecule has 0 unspecified atom stereocenters. The maximum Gasteiger partial charge on any atom is 0.228 e. The van der Waals surface area contributed by atoms with Crippen LogP contribution in [0.2, 0.25) is 0 Å². The summed E-state index contributed by atoms with van der Waals surface area (Å²) >= 11 is 0. The van der Waals surface area contributed by atoms with E-state index in [0.29, 0.717) is 6.42 Å². The van der Waals surface area contributed by atoms with Gasteiger partial charge in [0.1, 0.15) is 5.75 Å². The fourth-order valence-electron chi connectivity index (χ4n) is 3.31. The number of nitrogens with zero attached hydrogens (tertiary/aromatic N) is 1. The molecule has 1 aromatic heterocycles. The predicted octanol–water partition coefficient (Wildman–Crippen LogP) is 5.09. The van der Waals surface area contributed by atoms with Crippen molar-refractivity contribution in [3.05, 3.63) is 90.8 Å². The number of hydrogen-bond acceptors (Lipinski definition) is 3. The lowest BCUT2D eigenvalue weighted by Gasteiger charge is -2.11. The fraction of sp³-hybridized carbons (Fsp3) is 0.0833. The third-order valence-electron chi connectivity index (χ3n) is 4.69.